The molecule has 8 heteroatoms. The Kier molecular flexibility index (Phi) is 4.96. The van der Waals surface area contributed by atoms with Crippen LogP contribution in [0.3, 0.4) is 0 Å². The zero-order valence-corrected chi connectivity index (χ0v) is 15.8. The van der Waals surface area contributed by atoms with Crippen LogP contribution >= 0.6 is 0 Å². The Morgan fingerprint density at radius 1 is 0.600 bits per heavy atom. The molecule has 0 spiro atoms. The second-order valence-corrected chi connectivity index (χ2v) is 6.54. The number of carbonyl (C=O) groups excluding carboxylic acids is 2. The molecule has 0 radical (unpaired) electrons. The molecule has 1 heterocycles. The maximum atomic E-state index is 11.3. The number of amides is 2. The van der Waals surface area contributed by atoms with E-state index >= 15 is 0 Å². The number of anilines is 4. The predicted molar refractivity (Wildman–Crippen MR) is 116 cm³/mol. The minimum atomic E-state index is -0.492. The highest BCUT2D eigenvalue weighted by Gasteiger charge is 2.11. The largest absolute Gasteiger partial charge is 0.366 e. The Morgan fingerprint density at radius 3 is 1.30 bits per heavy atom. The quantitative estimate of drug-likeness (QED) is 0.393. The van der Waals surface area contributed by atoms with Gasteiger partial charge in [0.1, 0.15) is 0 Å². The van der Waals surface area contributed by atoms with Crippen molar-refractivity contribution < 1.29 is 9.59 Å². The van der Waals surface area contributed by atoms with Crippen molar-refractivity contribution >= 4 is 45.9 Å². The van der Waals surface area contributed by atoms with Crippen molar-refractivity contribution in [1.29, 1.82) is 0 Å². The maximum Gasteiger partial charge on any atom is 0.248 e. The fourth-order valence-corrected chi connectivity index (χ4v) is 2.88. The topological polar surface area (TPSA) is 136 Å². The zero-order valence-electron chi connectivity index (χ0n) is 15.8. The van der Waals surface area contributed by atoms with Gasteiger partial charge in [0.2, 0.25) is 11.8 Å². The van der Waals surface area contributed by atoms with Gasteiger partial charge < -0.3 is 22.1 Å². The Labute approximate surface area is 171 Å². The van der Waals surface area contributed by atoms with E-state index in [0.717, 1.165) is 22.4 Å². The molecule has 4 aromatic rings. The normalized spacial score (nSPS) is 10.5. The summed E-state index contributed by atoms with van der Waals surface area (Å²) in [5.74, 6) is 0.0154. The lowest BCUT2D eigenvalue weighted by Crippen LogP contribution is -2.11. The molecular weight excluding hydrogens is 380 g/mol. The summed E-state index contributed by atoms with van der Waals surface area (Å²) in [6, 6.07) is 21.0. The van der Waals surface area contributed by atoms with E-state index in [1.807, 2.05) is 24.3 Å². The summed E-state index contributed by atoms with van der Waals surface area (Å²) < 4.78 is 0. The summed E-state index contributed by atoms with van der Waals surface area (Å²) in [5.41, 5.74) is 14.3. The lowest BCUT2D eigenvalue weighted by molar-refractivity contribution is 0.0992. The van der Waals surface area contributed by atoms with Crippen LogP contribution in [0.2, 0.25) is 0 Å². The third-order valence-electron chi connectivity index (χ3n) is 4.43. The summed E-state index contributed by atoms with van der Waals surface area (Å²) in [5, 5.41) is 6.44. The van der Waals surface area contributed by atoms with Gasteiger partial charge in [0, 0.05) is 22.5 Å². The van der Waals surface area contributed by atoms with Crippen molar-refractivity contribution in [2.24, 2.45) is 11.5 Å². The smallest absolute Gasteiger partial charge is 0.248 e. The van der Waals surface area contributed by atoms with E-state index in [-0.39, 0.29) is 0 Å². The van der Waals surface area contributed by atoms with Gasteiger partial charge in [-0.05, 0) is 60.7 Å². The second-order valence-electron chi connectivity index (χ2n) is 6.54. The number of nitrogens with two attached hydrogens (primary N) is 2. The third kappa shape index (κ3) is 4.02. The van der Waals surface area contributed by atoms with E-state index in [2.05, 4.69) is 20.6 Å². The number of para-hydroxylation sites is 2. The molecule has 0 aliphatic carbocycles. The highest BCUT2D eigenvalue weighted by Crippen LogP contribution is 2.27. The van der Waals surface area contributed by atoms with Gasteiger partial charge in [-0.25, -0.2) is 9.97 Å². The molecule has 1 aromatic heterocycles. The third-order valence-corrected chi connectivity index (χ3v) is 4.43. The van der Waals surface area contributed by atoms with Gasteiger partial charge >= 0.3 is 0 Å². The van der Waals surface area contributed by atoms with Crippen molar-refractivity contribution in [1.82, 2.24) is 9.97 Å². The monoisotopic (exact) mass is 398 g/mol. The first-order chi connectivity index (χ1) is 14.5. The Bertz CT molecular complexity index is 1140. The molecular formula is C22H18N6O2. The van der Waals surface area contributed by atoms with Crippen LogP contribution in [0, 0.1) is 0 Å². The van der Waals surface area contributed by atoms with Crippen LogP contribution in [0.25, 0.3) is 11.0 Å². The molecule has 148 valence electrons. The molecule has 3 aromatic carbocycles. The van der Waals surface area contributed by atoms with Gasteiger partial charge in [-0.15, -0.1) is 0 Å². The standard InChI is InChI=1S/C22H18N6O2/c23-19(29)13-5-9-15(10-6-13)25-21-22(28-18-4-2-1-3-17(18)27-21)26-16-11-7-14(8-12-16)20(24)30/h1-12H,(H2,23,29)(H2,24,30)(H,25,27)(H,26,28). The number of fused-ring (bicyclic) bond motifs is 1. The zero-order chi connectivity index (χ0) is 21.1. The van der Waals surface area contributed by atoms with Gasteiger partial charge in [-0.1, -0.05) is 12.1 Å². The number of hydrogen-bond donors (Lipinski definition) is 4. The van der Waals surface area contributed by atoms with Crippen molar-refractivity contribution in [2.75, 3.05) is 10.6 Å². The molecule has 8 nitrogen and oxygen atoms in total. The van der Waals surface area contributed by atoms with Crippen molar-refractivity contribution in [3.63, 3.8) is 0 Å². The fourth-order valence-electron chi connectivity index (χ4n) is 2.88. The molecule has 2 amide bonds. The molecule has 0 aliphatic heterocycles. The van der Waals surface area contributed by atoms with Crippen LogP contribution in [0.5, 0.6) is 0 Å². The summed E-state index contributed by atoms with van der Waals surface area (Å²) in [4.78, 5) is 31.9. The summed E-state index contributed by atoms with van der Waals surface area (Å²) in [6.07, 6.45) is 0. The lowest BCUT2D eigenvalue weighted by atomic mass is 10.2. The Balaban J connectivity index is 1.69. The SMILES string of the molecule is NC(=O)c1ccc(Nc2nc3ccccc3nc2Nc2ccc(C(N)=O)cc2)cc1. The molecule has 0 unspecified atom stereocenters. The van der Waals surface area contributed by atoms with Gasteiger partial charge in [0.15, 0.2) is 11.6 Å². The molecule has 4 rings (SSSR count). The number of aromatic nitrogens is 2. The van der Waals surface area contributed by atoms with Crippen LogP contribution in [-0.2, 0) is 0 Å². The first-order valence-corrected chi connectivity index (χ1v) is 9.10. The number of nitrogens with one attached hydrogen (secondary N) is 2. The number of rotatable bonds is 6. The average molecular weight is 398 g/mol. The van der Waals surface area contributed by atoms with Crippen LogP contribution in [0.4, 0.5) is 23.0 Å². The number of carbonyl (C=O) groups is 2. The minimum Gasteiger partial charge on any atom is -0.366 e. The van der Waals surface area contributed by atoms with E-state index in [9.17, 15) is 9.59 Å². The maximum absolute atomic E-state index is 11.3. The fraction of sp³-hybridized carbons (Fsp3) is 0. The summed E-state index contributed by atoms with van der Waals surface area (Å²) >= 11 is 0. The molecule has 0 saturated heterocycles. The van der Waals surface area contributed by atoms with Crippen LogP contribution < -0.4 is 22.1 Å². The van der Waals surface area contributed by atoms with Crippen molar-refractivity contribution in [2.45, 2.75) is 0 Å². The Morgan fingerprint density at radius 2 is 0.967 bits per heavy atom. The first-order valence-electron chi connectivity index (χ1n) is 9.10. The predicted octanol–water partition coefficient (Wildman–Crippen LogP) is 3.31. The average Bonchev–Trinajstić information content (AvgIpc) is 2.75. The van der Waals surface area contributed by atoms with E-state index in [1.165, 1.54) is 0 Å². The van der Waals surface area contributed by atoms with Crippen molar-refractivity contribution in [3.8, 4) is 0 Å². The van der Waals surface area contributed by atoms with Gasteiger partial charge in [0.25, 0.3) is 0 Å². The van der Waals surface area contributed by atoms with E-state index in [1.54, 1.807) is 48.5 Å². The molecule has 0 atom stereocenters. The number of nitrogens with zero attached hydrogens (tertiary/aromatic N) is 2. The van der Waals surface area contributed by atoms with Gasteiger partial charge in [-0.3, -0.25) is 9.59 Å². The highest BCUT2D eigenvalue weighted by molar-refractivity contribution is 5.94. The molecule has 0 bridgehead atoms. The molecule has 0 fully saturated rings. The second kappa shape index (κ2) is 7.88. The van der Waals surface area contributed by atoms with Crippen LogP contribution in [0.15, 0.2) is 72.8 Å². The number of primary amides is 2. The van der Waals surface area contributed by atoms with E-state index in [0.29, 0.717) is 22.8 Å². The van der Waals surface area contributed by atoms with Crippen LogP contribution in [0.1, 0.15) is 20.7 Å². The molecule has 0 saturated carbocycles. The Hall–Kier alpha value is -4.46. The van der Waals surface area contributed by atoms with Gasteiger partial charge in [-0.2, -0.15) is 0 Å². The van der Waals surface area contributed by atoms with E-state index < -0.39 is 11.8 Å². The summed E-state index contributed by atoms with van der Waals surface area (Å²) in [6.45, 7) is 0. The van der Waals surface area contributed by atoms with Gasteiger partial charge in [0.05, 0.1) is 11.0 Å². The highest BCUT2D eigenvalue weighted by atomic mass is 16.1. The molecule has 0 aliphatic rings. The first kappa shape index (κ1) is 18.9. The molecule has 30 heavy (non-hydrogen) atoms. The minimum absolute atomic E-state index is 0.415. The van der Waals surface area contributed by atoms with Crippen LogP contribution in [-0.4, -0.2) is 21.8 Å². The van der Waals surface area contributed by atoms with Crippen molar-refractivity contribution in [3.05, 3.63) is 83.9 Å². The number of hydrogen-bond acceptors (Lipinski definition) is 6. The summed E-state index contributed by atoms with van der Waals surface area (Å²) in [7, 11) is 0. The van der Waals surface area contributed by atoms with E-state index in [4.69, 9.17) is 11.5 Å². The lowest BCUT2D eigenvalue weighted by Gasteiger charge is -2.14. The number of benzene rings is 3. The molecule has 6 N–H and O–H groups in total.